The lowest BCUT2D eigenvalue weighted by atomic mass is 10.1. The molecule has 0 spiro atoms. The third-order valence-corrected chi connectivity index (χ3v) is 3.11. The van der Waals surface area contributed by atoms with Crippen molar-refractivity contribution in [2.24, 2.45) is 0 Å². The van der Waals surface area contributed by atoms with Gasteiger partial charge in [0.25, 0.3) is 0 Å². The summed E-state index contributed by atoms with van der Waals surface area (Å²) >= 11 is 0. The highest BCUT2D eigenvalue weighted by atomic mass is 16.5. The van der Waals surface area contributed by atoms with Gasteiger partial charge in [-0.15, -0.1) is 5.73 Å². The molecule has 0 N–H and O–H groups in total. The van der Waals surface area contributed by atoms with Gasteiger partial charge >= 0.3 is 0 Å². The van der Waals surface area contributed by atoms with E-state index in [-0.39, 0.29) is 0 Å². The zero-order valence-corrected chi connectivity index (χ0v) is 12.6. The molecule has 0 heterocycles. The van der Waals surface area contributed by atoms with Crippen molar-refractivity contribution in [1.29, 1.82) is 0 Å². The van der Waals surface area contributed by atoms with Crippen molar-refractivity contribution in [2.75, 3.05) is 14.2 Å². The summed E-state index contributed by atoms with van der Waals surface area (Å²) in [7, 11) is 3.11. The van der Waals surface area contributed by atoms with E-state index in [0.717, 1.165) is 10.3 Å². The van der Waals surface area contributed by atoms with Crippen molar-refractivity contribution >= 4 is 18.0 Å². The normalized spacial score (nSPS) is 10.7. The molecule has 4 heteroatoms. The molecule has 0 saturated carbocycles. The highest BCUT2D eigenvalue weighted by molar-refractivity contribution is 5.85. The lowest BCUT2D eigenvalue weighted by molar-refractivity contribution is -0.354. The Morgan fingerprint density at radius 2 is 1.64 bits per heavy atom. The largest absolute Gasteiger partial charge is 0.618 e. The maximum absolute atomic E-state index is 12.3. The first-order valence-electron chi connectivity index (χ1n) is 6.67. The van der Waals surface area contributed by atoms with Crippen LogP contribution in [0.3, 0.4) is 0 Å². The summed E-state index contributed by atoms with van der Waals surface area (Å²) in [6.45, 7) is 3.57. The van der Waals surface area contributed by atoms with Crippen molar-refractivity contribution in [2.45, 2.75) is 0 Å². The van der Waals surface area contributed by atoms with Crippen LogP contribution in [0.25, 0.3) is 6.08 Å². The molecule has 4 nitrogen and oxygen atoms in total. The van der Waals surface area contributed by atoms with E-state index in [1.54, 1.807) is 44.6 Å². The van der Waals surface area contributed by atoms with Gasteiger partial charge in [-0.05, 0) is 23.8 Å². The number of ether oxygens (including phenoxy) is 2. The summed E-state index contributed by atoms with van der Waals surface area (Å²) < 4.78 is 11.4. The third kappa shape index (κ3) is 3.37. The Morgan fingerprint density at radius 3 is 2.18 bits per heavy atom. The van der Waals surface area contributed by atoms with E-state index in [1.165, 1.54) is 6.21 Å². The van der Waals surface area contributed by atoms with Gasteiger partial charge in [0.05, 0.1) is 19.8 Å². The highest BCUT2D eigenvalue weighted by Gasteiger charge is 2.11. The fourth-order valence-electron chi connectivity index (χ4n) is 2.03. The number of methoxy groups -OCH3 is 2. The van der Waals surface area contributed by atoms with E-state index in [2.05, 4.69) is 12.3 Å². The molecule has 0 amide bonds. The van der Waals surface area contributed by atoms with Gasteiger partial charge in [-0.2, -0.15) is 4.74 Å². The van der Waals surface area contributed by atoms with E-state index in [4.69, 9.17) is 9.47 Å². The maximum Gasteiger partial charge on any atom is 0.216 e. The quantitative estimate of drug-likeness (QED) is 0.277. The minimum atomic E-state index is 0.547. The topological polar surface area (TPSA) is 44.5 Å². The van der Waals surface area contributed by atoms with Gasteiger partial charge in [-0.3, -0.25) is 0 Å². The fraction of sp³-hybridized carbons (Fsp3) is 0.111. The summed E-state index contributed by atoms with van der Waals surface area (Å²) in [4.78, 5) is 0. The molecular weight excluding hydrogens is 278 g/mol. The highest BCUT2D eigenvalue weighted by Crippen LogP contribution is 2.30. The second kappa shape index (κ2) is 7.16. The molecule has 0 aliphatic rings. The molecule has 0 aromatic heterocycles. The first-order valence-corrected chi connectivity index (χ1v) is 6.67. The van der Waals surface area contributed by atoms with Gasteiger partial charge in [0, 0.05) is 12.1 Å². The van der Waals surface area contributed by atoms with Crippen LogP contribution in [0.5, 0.6) is 11.5 Å². The van der Waals surface area contributed by atoms with E-state index in [0.29, 0.717) is 22.7 Å². The monoisotopic (exact) mass is 295 g/mol. The van der Waals surface area contributed by atoms with Crippen molar-refractivity contribution in [3.8, 4) is 11.5 Å². The van der Waals surface area contributed by atoms with Crippen LogP contribution in [0.15, 0.2) is 54.8 Å². The molecule has 0 aliphatic carbocycles. The molecule has 0 unspecified atom stereocenters. The smallest absolute Gasteiger partial charge is 0.216 e. The van der Waals surface area contributed by atoms with Crippen LogP contribution in [0.1, 0.15) is 11.1 Å². The predicted molar refractivity (Wildman–Crippen MR) is 88.0 cm³/mol. The lowest BCUT2D eigenvalue weighted by Gasteiger charge is -2.10. The summed E-state index contributed by atoms with van der Waals surface area (Å²) in [5.74, 6) is 1.13. The Kier molecular flexibility index (Phi) is 5.02. The molecule has 112 valence electrons. The van der Waals surface area contributed by atoms with Gasteiger partial charge in [-0.25, -0.2) is 0 Å². The number of rotatable bonds is 5. The third-order valence-electron chi connectivity index (χ3n) is 3.11. The van der Waals surface area contributed by atoms with Gasteiger partial charge in [-0.1, -0.05) is 24.8 Å². The van der Waals surface area contributed by atoms with Gasteiger partial charge in [0.1, 0.15) is 0 Å². The maximum atomic E-state index is 12.3. The second-order valence-corrected chi connectivity index (χ2v) is 4.48. The molecule has 2 aromatic rings. The summed E-state index contributed by atoms with van der Waals surface area (Å²) in [6.07, 6.45) is 3.17. The fourth-order valence-corrected chi connectivity index (χ4v) is 2.03. The Hall–Kier alpha value is -2.97. The van der Waals surface area contributed by atoms with E-state index in [9.17, 15) is 5.21 Å². The average molecular weight is 295 g/mol. The van der Waals surface area contributed by atoms with Crippen LogP contribution >= 0.6 is 0 Å². The molecule has 0 bridgehead atoms. The minimum Gasteiger partial charge on any atom is -0.618 e. The van der Waals surface area contributed by atoms with Crippen molar-refractivity contribution in [3.63, 3.8) is 0 Å². The van der Waals surface area contributed by atoms with Gasteiger partial charge < -0.3 is 14.7 Å². The van der Waals surface area contributed by atoms with Crippen LogP contribution in [-0.2, 0) is 0 Å². The van der Waals surface area contributed by atoms with Crippen molar-refractivity contribution in [1.82, 2.24) is 0 Å². The first-order chi connectivity index (χ1) is 10.7. The Morgan fingerprint density at radius 1 is 1.05 bits per heavy atom. The molecule has 2 rings (SSSR count). The SMILES string of the molecule is C=C=Cc1cc(OC)c(OC)cc1/C=[N+](\[O-])c1ccccc1. The zero-order chi connectivity index (χ0) is 15.9. The zero-order valence-electron chi connectivity index (χ0n) is 12.6. The number of nitrogens with zero attached hydrogens (tertiary/aromatic N) is 1. The molecule has 0 aliphatic heterocycles. The lowest BCUT2D eigenvalue weighted by Crippen LogP contribution is -2.02. The average Bonchev–Trinajstić information content (AvgIpc) is 2.56. The Balaban J connectivity index is 2.55. The van der Waals surface area contributed by atoms with Gasteiger partial charge in [0.15, 0.2) is 17.7 Å². The van der Waals surface area contributed by atoms with E-state index < -0.39 is 0 Å². The van der Waals surface area contributed by atoms with Crippen LogP contribution in [0.4, 0.5) is 5.69 Å². The van der Waals surface area contributed by atoms with E-state index in [1.807, 2.05) is 18.2 Å². The molecule has 2 aromatic carbocycles. The predicted octanol–water partition coefficient (Wildman–Crippen LogP) is 3.76. The molecule has 22 heavy (non-hydrogen) atoms. The standard InChI is InChI=1S/C18H17NO3/c1-4-8-14-11-17(21-2)18(22-3)12-15(14)13-19(20)16-9-6-5-7-10-16/h5-13H,1H2,2-3H3/b19-13-. The van der Waals surface area contributed by atoms with Gasteiger partial charge in [0.2, 0.25) is 5.69 Å². The Labute approximate surface area is 129 Å². The molecule has 0 fully saturated rings. The minimum absolute atomic E-state index is 0.547. The summed E-state index contributed by atoms with van der Waals surface area (Å²) in [6, 6.07) is 12.5. The first kappa shape index (κ1) is 15.4. The molecule has 0 radical (unpaired) electrons. The summed E-state index contributed by atoms with van der Waals surface area (Å²) in [5.41, 5.74) is 4.72. The summed E-state index contributed by atoms with van der Waals surface area (Å²) in [5, 5.41) is 12.3. The van der Waals surface area contributed by atoms with Crippen molar-refractivity contribution < 1.29 is 14.2 Å². The second-order valence-electron chi connectivity index (χ2n) is 4.48. The molecule has 0 saturated heterocycles. The Bertz CT molecular complexity index is 729. The molecule has 0 atom stereocenters. The van der Waals surface area contributed by atoms with Crippen LogP contribution < -0.4 is 9.47 Å². The number of para-hydroxylation sites is 1. The van der Waals surface area contributed by atoms with E-state index >= 15 is 0 Å². The molecular formula is C18H17NO3. The number of hydrogen-bond donors (Lipinski definition) is 0. The van der Waals surface area contributed by atoms with Crippen LogP contribution in [-0.4, -0.2) is 25.2 Å². The van der Waals surface area contributed by atoms with Crippen LogP contribution in [0.2, 0.25) is 0 Å². The number of hydrogen-bond acceptors (Lipinski definition) is 3. The number of benzene rings is 2. The van der Waals surface area contributed by atoms with Crippen molar-refractivity contribution in [3.05, 3.63) is 71.1 Å². The van der Waals surface area contributed by atoms with Crippen LogP contribution in [0, 0.1) is 5.21 Å².